The summed E-state index contributed by atoms with van der Waals surface area (Å²) >= 11 is 0. The van der Waals surface area contributed by atoms with E-state index in [1.807, 2.05) is 12.4 Å². The molecule has 1 N–H and O–H groups in total. The van der Waals surface area contributed by atoms with Gasteiger partial charge < -0.3 is 5.32 Å². The summed E-state index contributed by atoms with van der Waals surface area (Å²) in [7, 11) is 0. The largest absolute Gasteiger partial charge is 0.310 e. The minimum atomic E-state index is 0.335. The summed E-state index contributed by atoms with van der Waals surface area (Å²) < 4.78 is 0. The van der Waals surface area contributed by atoms with E-state index in [-0.39, 0.29) is 0 Å². The molecule has 100 valence electrons. The molecular weight excluding hydrogens is 232 g/mol. The smallest absolute Gasteiger partial charge is 0.0378 e. The highest BCUT2D eigenvalue weighted by Gasteiger charge is 2.13. The molecule has 1 aromatic carbocycles. The average molecular weight is 254 g/mol. The van der Waals surface area contributed by atoms with Crippen LogP contribution in [0.2, 0.25) is 0 Å². The molecule has 0 aliphatic heterocycles. The van der Waals surface area contributed by atoms with E-state index in [2.05, 4.69) is 61.4 Å². The summed E-state index contributed by atoms with van der Waals surface area (Å²) in [6.45, 7) is 7.38. The molecule has 1 heterocycles. The highest BCUT2D eigenvalue weighted by atomic mass is 14.9. The van der Waals surface area contributed by atoms with Crippen LogP contribution in [0.1, 0.15) is 35.2 Å². The predicted molar refractivity (Wildman–Crippen MR) is 80.3 cm³/mol. The number of aromatic nitrogens is 1. The molecule has 1 unspecified atom stereocenters. The summed E-state index contributed by atoms with van der Waals surface area (Å²) in [5.74, 6) is 0. The summed E-state index contributed by atoms with van der Waals surface area (Å²) in [4.78, 5) is 4.26. The molecule has 0 amide bonds. The quantitative estimate of drug-likeness (QED) is 0.882. The van der Waals surface area contributed by atoms with Gasteiger partial charge in [0.05, 0.1) is 0 Å². The fourth-order valence-electron chi connectivity index (χ4n) is 2.34. The fraction of sp³-hybridized carbons (Fsp3) is 0.353. The highest BCUT2D eigenvalue weighted by molar-refractivity contribution is 5.29. The van der Waals surface area contributed by atoms with E-state index in [0.29, 0.717) is 6.04 Å². The first-order valence-electron chi connectivity index (χ1n) is 6.90. The topological polar surface area (TPSA) is 24.9 Å². The molecule has 2 nitrogen and oxygen atoms in total. The predicted octanol–water partition coefficient (Wildman–Crippen LogP) is 3.59. The molecular formula is C17H22N2. The second-order valence-electron chi connectivity index (χ2n) is 5.03. The van der Waals surface area contributed by atoms with Crippen LogP contribution in [0, 0.1) is 13.8 Å². The number of nitrogens with one attached hydrogen (secondary N) is 1. The van der Waals surface area contributed by atoms with Gasteiger partial charge in [-0.15, -0.1) is 0 Å². The molecule has 0 radical (unpaired) electrons. The number of aryl methyl sites for hydroxylation is 2. The van der Waals surface area contributed by atoms with Gasteiger partial charge in [-0.3, -0.25) is 4.98 Å². The first kappa shape index (κ1) is 13.8. The SMILES string of the molecule is CCNC(Cc1ccc(C)cc1)c1cnccc1C. The van der Waals surface area contributed by atoms with Crippen LogP contribution in [0.3, 0.4) is 0 Å². The lowest BCUT2D eigenvalue weighted by Gasteiger charge is -2.20. The van der Waals surface area contributed by atoms with Crippen molar-refractivity contribution in [1.29, 1.82) is 0 Å². The molecule has 1 aromatic heterocycles. The molecule has 0 bridgehead atoms. The van der Waals surface area contributed by atoms with Gasteiger partial charge in [0.15, 0.2) is 0 Å². The van der Waals surface area contributed by atoms with Gasteiger partial charge in [-0.1, -0.05) is 36.8 Å². The van der Waals surface area contributed by atoms with E-state index in [9.17, 15) is 0 Å². The lowest BCUT2D eigenvalue weighted by Crippen LogP contribution is -2.23. The molecule has 19 heavy (non-hydrogen) atoms. The fourth-order valence-corrected chi connectivity index (χ4v) is 2.34. The van der Waals surface area contributed by atoms with Gasteiger partial charge in [0.25, 0.3) is 0 Å². The van der Waals surface area contributed by atoms with Crippen LogP contribution in [0.5, 0.6) is 0 Å². The molecule has 2 rings (SSSR count). The maximum absolute atomic E-state index is 4.26. The van der Waals surface area contributed by atoms with Crippen molar-refractivity contribution in [2.75, 3.05) is 6.54 Å². The van der Waals surface area contributed by atoms with Gasteiger partial charge in [0.1, 0.15) is 0 Å². The van der Waals surface area contributed by atoms with Crippen LogP contribution in [-0.2, 0) is 6.42 Å². The Labute approximate surface area is 115 Å². The van der Waals surface area contributed by atoms with E-state index >= 15 is 0 Å². The maximum Gasteiger partial charge on any atom is 0.0378 e. The second-order valence-corrected chi connectivity index (χ2v) is 5.03. The summed E-state index contributed by atoms with van der Waals surface area (Å²) in [5, 5.41) is 3.56. The summed E-state index contributed by atoms with van der Waals surface area (Å²) in [6.07, 6.45) is 4.84. The first-order valence-corrected chi connectivity index (χ1v) is 6.90. The number of hydrogen-bond acceptors (Lipinski definition) is 2. The Bertz CT molecular complexity index is 517. The van der Waals surface area contributed by atoms with E-state index in [1.54, 1.807) is 0 Å². The number of rotatable bonds is 5. The van der Waals surface area contributed by atoms with Crippen molar-refractivity contribution in [3.63, 3.8) is 0 Å². The molecule has 0 aliphatic carbocycles. The van der Waals surface area contributed by atoms with E-state index in [0.717, 1.165) is 13.0 Å². The Balaban J connectivity index is 2.21. The normalized spacial score (nSPS) is 12.4. The van der Waals surface area contributed by atoms with Gasteiger partial charge in [-0.25, -0.2) is 0 Å². The minimum Gasteiger partial charge on any atom is -0.310 e. The van der Waals surface area contributed by atoms with Crippen LogP contribution < -0.4 is 5.32 Å². The van der Waals surface area contributed by atoms with Gasteiger partial charge >= 0.3 is 0 Å². The summed E-state index contributed by atoms with van der Waals surface area (Å²) in [6, 6.07) is 11.2. The average Bonchev–Trinajstić information content (AvgIpc) is 2.41. The van der Waals surface area contributed by atoms with E-state index in [1.165, 1.54) is 22.3 Å². The van der Waals surface area contributed by atoms with Gasteiger partial charge in [-0.05, 0) is 49.6 Å². The van der Waals surface area contributed by atoms with Crippen LogP contribution in [-0.4, -0.2) is 11.5 Å². The third-order valence-electron chi connectivity index (χ3n) is 3.47. The van der Waals surface area contributed by atoms with E-state index in [4.69, 9.17) is 0 Å². The van der Waals surface area contributed by atoms with Crippen molar-refractivity contribution >= 4 is 0 Å². The molecule has 0 spiro atoms. The Morgan fingerprint density at radius 2 is 1.84 bits per heavy atom. The van der Waals surface area contributed by atoms with E-state index < -0.39 is 0 Å². The Kier molecular flexibility index (Phi) is 4.69. The molecule has 0 saturated heterocycles. The molecule has 0 saturated carbocycles. The zero-order chi connectivity index (χ0) is 13.7. The monoisotopic (exact) mass is 254 g/mol. The number of hydrogen-bond donors (Lipinski definition) is 1. The van der Waals surface area contributed by atoms with Crippen molar-refractivity contribution in [3.05, 3.63) is 65.0 Å². The van der Waals surface area contributed by atoms with Crippen LogP contribution in [0.25, 0.3) is 0 Å². The lowest BCUT2D eigenvalue weighted by molar-refractivity contribution is 0.545. The zero-order valence-corrected chi connectivity index (χ0v) is 12.0. The summed E-state index contributed by atoms with van der Waals surface area (Å²) in [5.41, 5.74) is 5.26. The molecule has 0 fully saturated rings. The Morgan fingerprint density at radius 1 is 1.11 bits per heavy atom. The van der Waals surface area contributed by atoms with Gasteiger partial charge in [0.2, 0.25) is 0 Å². The lowest BCUT2D eigenvalue weighted by atomic mass is 9.96. The number of nitrogens with zero attached hydrogens (tertiary/aromatic N) is 1. The zero-order valence-electron chi connectivity index (χ0n) is 12.0. The van der Waals surface area contributed by atoms with Crippen LogP contribution in [0.4, 0.5) is 0 Å². The van der Waals surface area contributed by atoms with Gasteiger partial charge in [-0.2, -0.15) is 0 Å². The van der Waals surface area contributed by atoms with Crippen LogP contribution in [0.15, 0.2) is 42.7 Å². The number of likely N-dealkylation sites (N-methyl/N-ethyl adjacent to an activating group) is 1. The maximum atomic E-state index is 4.26. The molecule has 1 atom stereocenters. The third kappa shape index (κ3) is 3.65. The van der Waals surface area contributed by atoms with Crippen molar-refractivity contribution < 1.29 is 0 Å². The van der Waals surface area contributed by atoms with Crippen molar-refractivity contribution in [2.45, 2.75) is 33.2 Å². The second kappa shape index (κ2) is 6.48. The first-order chi connectivity index (χ1) is 9.20. The third-order valence-corrected chi connectivity index (χ3v) is 3.47. The molecule has 2 aromatic rings. The van der Waals surface area contributed by atoms with Crippen molar-refractivity contribution in [3.8, 4) is 0 Å². The molecule has 0 aliphatic rings. The molecule has 2 heteroatoms. The van der Waals surface area contributed by atoms with Crippen molar-refractivity contribution in [2.24, 2.45) is 0 Å². The Hall–Kier alpha value is -1.67. The highest BCUT2D eigenvalue weighted by Crippen LogP contribution is 2.21. The minimum absolute atomic E-state index is 0.335. The number of pyridine rings is 1. The number of benzene rings is 1. The van der Waals surface area contributed by atoms with Gasteiger partial charge in [0, 0.05) is 18.4 Å². The van der Waals surface area contributed by atoms with Crippen LogP contribution >= 0.6 is 0 Å². The Morgan fingerprint density at radius 3 is 2.47 bits per heavy atom. The standard InChI is InChI=1S/C17H22N2/c1-4-19-17(16-12-18-10-9-14(16)3)11-15-7-5-13(2)6-8-15/h5-10,12,17,19H,4,11H2,1-3H3. The van der Waals surface area contributed by atoms with Crippen molar-refractivity contribution in [1.82, 2.24) is 10.3 Å².